The molecular formula is C36H47F3O. The molecule has 0 heterocycles. The number of rotatable bonds is 13. The van der Waals surface area contributed by atoms with Gasteiger partial charge in [0.15, 0.2) is 0 Å². The number of ether oxygens (including phenoxy) is 1. The third kappa shape index (κ3) is 8.59. The van der Waals surface area contributed by atoms with E-state index >= 15 is 0 Å². The minimum atomic E-state index is -3.66. The molecule has 4 heteroatoms. The third-order valence-electron chi connectivity index (χ3n) is 9.35. The Morgan fingerprint density at radius 3 is 1.98 bits per heavy atom. The lowest BCUT2D eigenvalue weighted by Crippen LogP contribution is -2.22. The molecule has 218 valence electrons. The normalized spacial score (nSPS) is 23.9. The molecule has 4 rings (SSSR count). The molecule has 0 aromatic heterocycles. The number of alkyl halides is 2. The molecule has 2 saturated carbocycles. The second-order valence-electron chi connectivity index (χ2n) is 12.0. The lowest BCUT2D eigenvalue weighted by molar-refractivity contribution is -0.249. The molecule has 2 fully saturated rings. The van der Waals surface area contributed by atoms with Crippen molar-refractivity contribution in [3.05, 3.63) is 95.3 Å². The molecule has 2 aromatic carbocycles. The summed E-state index contributed by atoms with van der Waals surface area (Å²) in [6.45, 7) is 5.70. The number of halogens is 3. The van der Waals surface area contributed by atoms with Crippen molar-refractivity contribution >= 4 is 0 Å². The first-order chi connectivity index (χ1) is 19.4. The van der Waals surface area contributed by atoms with Gasteiger partial charge >= 0.3 is 6.11 Å². The minimum absolute atomic E-state index is 0.167. The van der Waals surface area contributed by atoms with Crippen molar-refractivity contribution in [3.63, 3.8) is 0 Å². The first-order valence-corrected chi connectivity index (χ1v) is 15.5. The van der Waals surface area contributed by atoms with Gasteiger partial charge < -0.3 is 4.74 Å². The average molecular weight is 553 g/mol. The van der Waals surface area contributed by atoms with Crippen molar-refractivity contribution in [2.45, 2.75) is 108 Å². The van der Waals surface area contributed by atoms with E-state index in [2.05, 4.69) is 37.8 Å². The number of hydrogen-bond acceptors (Lipinski definition) is 1. The van der Waals surface area contributed by atoms with Gasteiger partial charge in [-0.2, -0.15) is 8.78 Å². The molecule has 0 N–H and O–H groups in total. The van der Waals surface area contributed by atoms with E-state index in [0.29, 0.717) is 18.3 Å². The van der Waals surface area contributed by atoms with Crippen LogP contribution in [0.4, 0.5) is 13.2 Å². The summed E-state index contributed by atoms with van der Waals surface area (Å²) in [7, 11) is 0. The van der Waals surface area contributed by atoms with Crippen molar-refractivity contribution < 1.29 is 17.9 Å². The maximum atomic E-state index is 14.8. The molecule has 0 saturated heterocycles. The molecule has 0 radical (unpaired) electrons. The van der Waals surface area contributed by atoms with Gasteiger partial charge in [0.25, 0.3) is 0 Å². The Morgan fingerprint density at radius 1 is 0.825 bits per heavy atom. The molecule has 0 spiro atoms. The molecule has 2 aliphatic carbocycles. The zero-order valence-corrected chi connectivity index (χ0v) is 24.2. The van der Waals surface area contributed by atoms with E-state index in [1.54, 1.807) is 6.07 Å². The van der Waals surface area contributed by atoms with Crippen LogP contribution in [0.15, 0.2) is 67.3 Å². The summed E-state index contributed by atoms with van der Waals surface area (Å²) in [6.07, 6.45) is 16.8. The van der Waals surface area contributed by atoms with E-state index in [-0.39, 0.29) is 12.5 Å². The second kappa shape index (κ2) is 15.1. The van der Waals surface area contributed by atoms with Crippen LogP contribution in [0.1, 0.15) is 118 Å². The summed E-state index contributed by atoms with van der Waals surface area (Å²) < 4.78 is 49.4. The molecule has 0 atom stereocenters. The Kier molecular flexibility index (Phi) is 11.5. The number of hydrogen-bond donors (Lipinski definition) is 0. The van der Waals surface area contributed by atoms with Crippen LogP contribution in [0, 0.1) is 17.7 Å². The fourth-order valence-corrected chi connectivity index (χ4v) is 6.77. The van der Waals surface area contributed by atoms with Crippen LogP contribution in [0.5, 0.6) is 0 Å². The largest absolute Gasteiger partial charge is 0.386 e. The van der Waals surface area contributed by atoms with Gasteiger partial charge in [-0.05, 0) is 143 Å². The smallest absolute Gasteiger partial charge is 0.316 e. The van der Waals surface area contributed by atoms with Crippen molar-refractivity contribution in [2.75, 3.05) is 6.61 Å². The van der Waals surface area contributed by atoms with Crippen molar-refractivity contribution in [1.82, 2.24) is 0 Å². The zero-order chi connectivity index (χ0) is 28.4. The summed E-state index contributed by atoms with van der Waals surface area (Å²) in [6, 6.07) is 12.5. The van der Waals surface area contributed by atoms with E-state index in [1.807, 2.05) is 18.2 Å². The summed E-state index contributed by atoms with van der Waals surface area (Å²) >= 11 is 0. The van der Waals surface area contributed by atoms with Gasteiger partial charge in [-0.3, -0.25) is 0 Å². The van der Waals surface area contributed by atoms with E-state index < -0.39 is 17.5 Å². The van der Waals surface area contributed by atoms with Gasteiger partial charge in [-0.25, -0.2) is 4.39 Å². The highest BCUT2D eigenvalue weighted by molar-refractivity contribution is 5.29. The van der Waals surface area contributed by atoms with E-state index in [0.717, 1.165) is 55.6 Å². The standard InChI is InChI=1S/C36H47F3O/c1-3-5-7-9-28-10-16-30(17-11-28)31-18-14-29(15-19-31)24-25-40-36(38,39)34-23-22-33(26-35(34)37)32-20-12-27(13-21-32)8-6-4-2/h3-5,14-15,18-19,22-23,26-28,30,32H,2,6-13,16-17,20-21,24-25H2,1H3/b5-3+. The fraction of sp³-hybridized carbons (Fsp3) is 0.556. The Morgan fingerprint density at radius 2 is 1.40 bits per heavy atom. The highest BCUT2D eigenvalue weighted by atomic mass is 19.3. The van der Waals surface area contributed by atoms with Gasteiger partial charge in [-0.15, -0.1) is 6.58 Å². The van der Waals surface area contributed by atoms with Crippen LogP contribution in [-0.2, 0) is 17.3 Å². The Hall–Kier alpha value is -2.33. The number of benzene rings is 2. The molecular weight excluding hydrogens is 505 g/mol. The summed E-state index contributed by atoms with van der Waals surface area (Å²) in [5, 5.41) is 0. The molecule has 0 amide bonds. The van der Waals surface area contributed by atoms with Gasteiger partial charge in [0.05, 0.1) is 12.2 Å². The molecule has 1 nitrogen and oxygen atoms in total. The monoisotopic (exact) mass is 552 g/mol. The minimum Gasteiger partial charge on any atom is -0.316 e. The predicted molar refractivity (Wildman–Crippen MR) is 159 cm³/mol. The van der Waals surface area contributed by atoms with Crippen LogP contribution in [0.2, 0.25) is 0 Å². The Balaban J connectivity index is 1.23. The Labute approximate surface area is 239 Å². The maximum Gasteiger partial charge on any atom is 0.386 e. The summed E-state index contributed by atoms with van der Waals surface area (Å²) in [5.74, 6) is 1.46. The molecule has 0 bridgehead atoms. The zero-order valence-electron chi connectivity index (χ0n) is 24.2. The van der Waals surface area contributed by atoms with Crippen molar-refractivity contribution in [3.8, 4) is 0 Å². The highest BCUT2D eigenvalue weighted by Gasteiger charge is 2.36. The van der Waals surface area contributed by atoms with E-state index in [1.165, 1.54) is 56.2 Å². The average Bonchev–Trinajstić information content (AvgIpc) is 2.97. The first kappa shape index (κ1) is 30.6. The Bertz CT molecular complexity index is 1070. The first-order valence-electron chi connectivity index (χ1n) is 15.5. The second-order valence-corrected chi connectivity index (χ2v) is 12.0. The van der Waals surface area contributed by atoms with Crippen LogP contribution in [0.3, 0.4) is 0 Å². The topological polar surface area (TPSA) is 9.23 Å². The third-order valence-corrected chi connectivity index (χ3v) is 9.35. The van der Waals surface area contributed by atoms with E-state index in [9.17, 15) is 13.2 Å². The lowest BCUT2D eigenvalue weighted by atomic mass is 9.77. The summed E-state index contributed by atoms with van der Waals surface area (Å²) in [4.78, 5) is 0. The van der Waals surface area contributed by atoms with Gasteiger partial charge in [0.1, 0.15) is 5.82 Å². The van der Waals surface area contributed by atoms with Gasteiger partial charge in [0.2, 0.25) is 0 Å². The molecule has 0 unspecified atom stereocenters. The lowest BCUT2D eigenvalue weighted by Gasteiger charge is -2.29. The molecule has 0 aliphatic heterocycles. The molecule has 2 aromatic rings. The molecule has 2 aliphatic rings. The molecule has 40 heavy (non-hydrogen) atoms. The quantitative estimate of drug-likeness (QED) is 0.225. The predicted octanol–water partition coefficient (Wildman–Crippen LogP) is 11.0. The fourth-order valence-electron chi connectivity index (χ4n) is 6.77. The van der Waals surface area contributed by atoms with Crippen LogP contribution in [0.25, 0.3) is 0 Å². The maximum absolute atomic E-state index is 14.8. The summed E-state index contributed by atoms with van der Waals surface area (Å²) in [5.41, 5.74) is 2.45. The van der Waals surface area contributed by atoms with Crippen LogP contribution in [-0.4, -0.2) is 6.61 Å². The van der Waals surface area contributed by atoms with Crippen LogP contribution >= 0.6 is 0 Å². The SMILES string of the molecule is C=CCCC1CCC(c2ccc(C(F)(F)OCCc3ccc(C4CCC(CC/C=C/C)CC4)cc3)c(F)c2)CC1. The van der Waals surface area contributed by atoms with Gasteiger partial charge in [-0.1, -0.05) is 48.6 Å². The van der Waals surface area contributed by atoms with Crippen molar-refractivity contribution in [2.24, 2.45) is 11.8 Å². The van der Waals surface area contributed by atoms with Crippen LogP contribution < -0.4 is 0 Å². The van der Waals surface area contributed by atoms with Gasteiger partial charge in [0, 0.05) is 0 Å². The van der Waals surface area contributed by atoms with E-state index in [4.69, 9.17) is 4.74 Å². The van der Waals surface area contributed by atoms with Crippen molar-refractivity contribution in [1.29, 1.82) is 0 Å². The number of allylic oxidation sites excluding steroid dienone is 3. The highest BCUT2D eigenvalue weighted by Crippen LogP contribution is 2.40.